The van der Waals surface area contributed by atoms with Crippen LogP contribution in [0.2, 0.25) is 0 Å². The minimum Gasteiger partial charge on any atom is -0.463 e. The molecule has 1 amide bonds. The van der Waals surface area contributed by atoms with Gasteiger partial charge < -0.3 is 15.4 Å². The topological polar surface area (TPSA) is 80.3 Å². The number of nitrogens with one attached hydrogen (secondary N) is 2. The lowest BCUT2D eigenvalue weighted by molar-refractivity contribution is -0.148. The number of ether oxygens (including phenoxy) is 1. The highest BCUT2D eigenvalue weighted by molar-refractivity contribution is 5.79. The van der Waals surface area contributed by atoms with Crippen LogP contribution in [0.1, 0.15) is 51.8 Å². The first-order chi connectivity index (χ1) is 11.8. The van der Waals surface area contributed by atoms with E-state index < -0.39 is 0 Å². The molecule has 138 valence electrons. The van der Waals surface area contributed by atoms with Crippen molar-refractivity contribution in [1.82, 2.24) is 10.3 Å². The Morgan fingerprint density at radius 1 is 1.28 bits per heavy atom. The smallest absolute Gasteiger partial charge is 0.308 e. The lowest BCUT2D eigenvalue weighted by Gasteiger charge is -2.22. The number of carbonyl (C=O) groups is 2. The highest BCUT2D eigenvalue weighted by Gasteiger charge is 2.22. The van der Waals surface area contributed by atoms with E-state index >= 15 is 0 Å². The summed E-state index contributed by atoms with van der Waals surface area (Å²) in [5.74, 6) is 0.615. The van der Waals surface area contributed by atoms with Crippen molar-refractivity contribution in [2.24, 2.45) is 5.92 Å². The molecule has 2 heterocycles. The fourth-order valence-corrected chi connectivity index (χ4v) is 2.83. The second kappa shape index (κ2) is 8.83. The van der Waals surface area contributed by atoms with Crippen molar-refractivity contribution in [3.05, 3.63) is 23.4 Å². The lowest BCUT2D eigenvalue weighted by atomic mass is 10.0. The van der Waals surface area contributed by atoms with Crippen LogP contribution in [0.5, 0.6) is 0 Å². The summed E-state index contributed by atoms with van der Waals surface area (Å²) in [6.45, 7) is 8.51. The molecule has 1 aliphatic heterocycles. The minimum absolute atomic E-state index is 0.126. The molecule has 25 heavy (non-hydrogen) atoms. The van der Waals surface area contributed by atoms with Gasteiger partial charge >= 0.3 is 5.97 Å². The summed E-state index contributed by atoms with van der Waals surface area (Å²) in [5, 5.41) is 6.22. The number of anilines is 1. The van der Waals surface area contributed by atoms with Gasteiger partial charge in [-0.1, -0.05) is 19.9 Å². The number of carbonyl (C=O) groups excluding carboxylic acids is 2. The van der Waals surface area contributed by atoms with Crippen LogP contribution in [0.25, 0.3) is 0 Å². The molecule has 2 rings (SSSR count). The second-order valence-electron chi connectivity index (χ2n) is 7.18. The number of fused-ring (bicyclic) bond motifs is 1. The molecule has 1 aromatic rings. The number of rotatable bonds is 7. The van der Waals surface area contributed by atoms with Crippen molar-refractivity contribution in [2.75, 3.05) is 11.9 Å². The molecule has 1 atom stereocenters. The number of esters is 1. The van der Waals surface area contributed by atoms with Gasteiger partial charge in [-0.2, -0.15) is 0 Å². The Labute approximate surface area is 149 Å². The molecule has 6 heteroatoms. The Hall–Kier alpha value is -2.11. The largest absolute Gasteiger partial charge is 0.463 e. The molecule has 6 nitrogen and oxygen atoms in total. The van der Waals surface area contributed by atoms with Crippen LogP contribution >= 0.6 is 0 Å². The van der Waals surface area contributed by atoms with Crippen LogP contribution in [-0.4, -0.2) is 35.6 Å². The summed E-state index contributed by atoms with van der Waals surface area (Å²) in [6.07, 6.45) is 2.37. The summed E-state index contributed by atoms with van der Waals surface area (Å²) in [5.41, 5.74) is 1.94. The van der Waals surface area contributed by atoms with E-state index in [9.17, 15) is 9.59 Å². The van der Waals surface area contributed by atoms with E-state index in [4.69, 9.17) is 4.74 Å². The Morgan fingerprint density at radius 2 is 2.04 bits per heavy atom. The van der Waals surface area contributed by atoms with Crippen LogP contribution in [-0.2, 0) is 27.2 Å². The van der Waals surface area contributed by atoms with Crippen LogP contribution in [0.15, 0.2) is 12.1 Å². The Bertz CT molecular complexity index is 614. The average Bonchev–Trinajstić information content (AvgIpc) is 2.53. The van der Waals surface area contributed by atoms with Crippen molar-refractivity contribution in [3.63, 3.8) is 0 Å². The predicted octanol–water partition coefficient (Wildman–Crippen LogP) is 2.46. The average molecular weight is 347 g/mol. The van der Waals surface area contributed by atoms with E-state index in [0.29, 0.717) is 0 Å². The maximum Gasteiger partial charge on any atom is 0.308 e. The van der Waals surface area contributed by atoms with Crippen LogP contribution in [0.3, 0.4) is 0 Å². The first-order valence-electron chi connectivity index (χ1n) is 9.06. The highest BCUT2D eigenvalue weighted by Crippen LogP contribution is 2.20. The van der Waals surface area contributed by atoms with E-state index in [0.717, 1.165) is 30.9 Å². The number of nitrogens with zero attached hydrogens (tertiary/aromatic N) is 1. The van der Waals surface area contributed by atoms with Gasteiger partial charge in [0.05, 0.1) is 24.6 Å². The van der Waals surface area contributed by atoms with E-state index in [1.165, 1.54) is 5.56 Å². The van der Waals surface area contributed by atoms with Crippen molar-refractivity contribution in [2.45, 2.75) is 65.5 Å². The number of pyridine rings is 1. The van der Waals surface area contributed by atoms with Gasteiger partial charge in [0.1, 0.15) is 5.82 Å². The molecule has 1 aromatic heterocycles. The zero-order valence-corrected chi connectivity index (χ0v) is 15.6. The fraction of sp³-hybridized carbons (Fsp3) is 0.632. The summed E-state index contributed by atoms with van der Waals surface area (Å²) in [4.78, 5) is 28.8. The molecule has 0 radical (unpaired) electrons. The molecule has 0 bridgehead atoms. The third-order valence-electron chi connectivity index (χ3n) is 4.20. The number of hydrogen-bond acceptors (Lipinski definition) is 5. The summed E-state index contributed by atoms with van der Waals surface area (Å²) in [7, 11) is 0. The molecule has 0 fully saturated rings. The Balaban J connectivity index is 1.93. The standard InChI is InChI=1S/C19H29N3O3/c1-12(2)16(11-18(24)25-13(3)4)22-17(23)10-15-8-7-14-6-5-9-20-19(14)21-15/h7-8,12-13,16H,5-6,9-11H2,1-4H3,(H,20,21)(H,22,23). The lowest BCUT2D eigenvalue weighted by Crippen LogP contribution is -2.41. The van der Waals surface area contributed by atoms with Gasteiger partial charge in [-0.25, -0.2) is 4.98 Å². The molecule has 0 spiro atoms. The summed E-state index contributed by atoms with van der Waals surface area (Å²) >= 11 is 0. The van der Waals surface area contributed by atoms with E-state index in [2.05, 4.69) is 15.6 Å². The van der Waals surface area contributed by atoms with Crippen molar-refractivity contribution >= 4 is 17.7 Å². The van der Waals surface area contributed by atoms with Crippen molar-refractivity contribution in [3.8, 4) is 0 Å². The van der Waals surface area contributed by atoms with Gasteiger partial charge in [0.2, 0.25) is 5.91 Å². The summed E-state index contributed by atoms with van der Waals surface area (Å²) < 4.78 is 5.18. The van der Waals surface area contributed by atoms with E-state index in [1.54, 1.807) is 0 Å². The van der Waals surface area contributed by atoms with Gasteiger partial charge in [-0.15, -0.1) is 0 Å². The molecular weight excluding hydrogens is 318 g/mol. The SMILES string of the molecule is CC(C)OC(=O)CC(NC(=O)Cc1ccc2c(n1)NCCC2)C(C)C. The number of aromatic nitrogens is 1. The van der Waals surface area contributed by atoms with Crippen LogP contribution in [0.4, 0.5) is 5.82 Å². The molecule has 0 aliphatic carbocycles. The predicted molar refractivity (Wildman–Crippen MR) is 97.4 cm³/mol. The molecule has 1 aliphatic rings. The second-order valence-corrected chi connectivity index (χ2v) is 7.18. The Morgan fingerprint density at radius 3 is 2.72 bits per heavy atom. The third kappa shape index (κ3) is 6.03. The summed E-state index contributed by atoms with van der Waals surface area (Å²) in [6, 6.07) is 3.70. The molecule has 0 saturated carbocycles. The third-order valence-corrected chi connectivity index (χ3v) is 4.20. The molecule has 0 aromatic carbocycles. The maximum atomic E-state index is 12.4. The van der Waals surface area contributed by atoms with Gasteiger partial charge in [0, 0.05) is 12.6 Å². The highest BCUT2D eigenvalue weighted by atomic mass is 16.5. The molecule has 2 N–H and O–H groups in total. The first kappa shape index (κ1) is 19.2. The molecule has 1 unspecified atom stereocenters. The van der Waals surface area contributed by atoms with Gasteiger partial charge in [-0.05, 0) is 44.2 Å². The van der Waals surface area contributed by atoms with E-state index in [1.807, 2.05) is 39.8 Å². The monoisotopic (exact) mass is 347 g/mol. The normalized spacial score (nSPS) is 14.6. The van der Waals surface area contributed by atoms with Crippen molar-refractivity contribution < 1.29 is 14.3 Å². The van der Waals surface area contributed by atoms with Crippen molar-refractivity contribution in [1.29, 1.82) is 0 Å². The van der Waals surface area contributed by atoms with Crippen LogP contribution in [0, 0.1) is 5.92 Å². The van der Waals surface area contributed by atoms with Gasteiger partial charge in [0.15, 0.2) is 0 Å². The number of amides is 1. The fourth-order valence-electron chi connectivity index (χ4n) is 2.83. The van der Waals surface area contributed by atoms with Gasteiger partial charge in [0.25, 0.3) is 0 Å². The zero-order chi connectivity index (χ0) is 18.4. The molecule has 0 saturated heterocycles. The quantitative estimate of drug-likeness (QED) is 0.741. The molecular formula is C19H29N3O3. The van der Waals surface area contributed by atoms with Crippen LogP contribution < -0.4 is 10.6 Å². The van der Waals surface area contributed by atoms with Gasteiger partial charge in [-0.3, -0.25) is 9.59 Å². The van der Waals surface area contributed by atoms with E-state index in [-0.39, 0.29) is 42.8 Å². The number of aryl methyl sites for hydroxylation is 1. The first-order valence-corrected chi connectivity index (χ1v) is 9.06. The maximum absolute atomic E-state index is 12.4. The zero-order valence-electron chi connectivity index (χ0n) is 15.6. The Kier molecular flexibility index (Phi) is 6.79. The minimum atomic E-state index is -0.287. The number of hydrogen-bond donors (Lipinski definition) is 2.